The molecular weight excluding hydrogens is 484 g/mol. The number of benzene rings is 2. The van der Waals surface area contributed by atoms with Crippen LogP contribution < -0.4 is 19.7 Å². The molecule has 0 radical (unpaired) electrons. The first-order chi connectivity index (χ1) is 18.5. The third kappa shape index (κ3) is 7.46. The monoisotopic (exact) mass is 514 g/mol. The molecule has 2 aromatic carbocycles. The number of carbonyl (C=O) groups is 2. The molecule has 2 N–H and O–H groups in total. The number of hydrogen-bond donors (Lipinski definition) is 2. The van der Waals surface area contributed by atoms with E-state index in [4.69, 9.17) is 9.47 Å². The summed E-state index contributed by atoms with van der Waals surface area (Å²) >= 11 is 0. The fraction of sp³-hybridized carbons (Fsp3) is 0.310. The van der Waals surface area contributed by atoms with Crippen molar-refractivity contribution in [2.45, 2.75) is 31.9 Å². The number of rotatable bonds is 11. The van der Waals surface area contributed by atoms with E-state index in [0.29, 0.717) is 36.5 Å². The number of ether oxygens (including phenoxy) is 2. The summed E-state index contributed by atoms with van der Waals surface area (Å²) in [5.41, 5.74) is 2.42. The quantitative estimate of drug-likeness (QED) is 0.396. The van der Waals surface area contributed by atoms with Crippen LogP contribution in [0, 0.1) is 17.2 Å². The van der Waals surface area contributed by atoms with E-state index < -0.39 is 12.0 Å². The Morgan fingerprint density at radius 2 is 1.79 bits per heavy atom. The highest BCUT2D eigenvalue weighted by Gasteiger charge is 2.28. The molecule has 1 atom stereocenters. The van der Waals surface area contributed by atoms with Crippen LogP contribution in [0.2, 0.25) is 0 Å². The lowest BCUT2D eigenvalue weighted by atomic mass is 9.95. The molecule has 196 valence electrons. The number of carbonyl (C=O) groups excluding carboxylic acids is 1. The molecule has 1 aliphatic heterocycles. The Morgan fingerprint density at radius 1 is 1.05 bits per heavy atom. The van der Waals surface area contributed by atoms with E-state index in [-0.39, 0.29) is 24.9 Å². The highest BCUT2D eigenvalue weighted by atomic mass is 16.5. The predicted octanol–water partition coefficient (Wildman–Crippen LogP) is 3.79. The van der Waals surface area contributed by atoms with Gasteiger partial charge in [-0.15, -0.1) is 0 Å². The van der Waals surface area contributed by atoms with E-state index >= 15 is 0 Å². The number of anilines is 1. The second-order valence-corrected chi connectivity index (χ2v) is 9.13. The summed E-state index contributed by atoms with van der Waals surface area (Å²) in [5.74, 6) is -0.693. The van der Waals surface area contributed by atoms with Crippen molar-refractivity contribution in [3.8, 4) is 17.6 Å². The van der Waals surface area contributed by atoms with Gasteiger partial charge in [-0.1, -0.05) is 30.3 Å². The topological polar surface area (TPSA) is 125 Å². The van der Waals surface area contributed by atoms with Gasteiger partial charge in [0.25, 0.3) is 0 Å². The Labute approximate surface area is 221 Å². The second-order valence-electron chi connectivity index (χ2n) is 9.13. The SMILES string of the molecule is N#Cc1ccc(OCc2ccccc2)c(OC[C@@H](CC(=O)O)NC(=O)C2CCN(c3ccncc3)CC2)c1. The molecular formula is C29H30N4O5. The van der Waals surface area contributed by atoms with Gasteiger partial charge < -0.3 is 24.8 Å². The maximum absolute atomic E-state index is 13.0. The maximum atomic E-state index is 13.0. The molecule has 2 heterocycles. The van der Waals surface area contributed by atoms with Gasteiger partial charge in [0.05, 0.1) is 24.1 Å². The molecule has 0 bridgehead atoms. The molecule has 4 rings (SSSR count). The molecule has 0 aliphatic carbocycles. The molecule has 1 aliphatic rings. The van der Waals surface area contributed by atoms with Crippen LogP contribution in [0.3, 0.4) is 0 Å². The number of amides is 1. The minimum atomic E-state index is -1.04. The molecule has 38 heavy (non-hydrogen) atoms. The molecule has 0 unspecified atom stereocenters. The Morgan fingerprint density at radius 3 is 2.47 bits per heavy atom. The smallest absolute Gasteiger partial charge is 0.305 e. The summed E-state index contributed by atoms with van der Waals surface area (Å²) in [7, 11) is 0. The van der Waals surface area contributed by atoms with Crippen LogP contribution in [0.25, 0.3) is 0 Å². The normalized spacial score (nSPS) is 14.2. The summed E-state index contributed by atoms with van der Waals surface area (Å²) in [6.45, 7) is 1.68. The van der Waals surface area contributed by atoms with Crippen molar-refractivity contribution in [1.82, 2.24) is 10.3 Å². The third-order valence-corrected chi connectivity index (χ3v) is 6.41. The summed E-state index contributed by atoms with van der Waals surface area (Å²) < 4.78 is 11.8. The number of hydrogen-bond acceptors (Lipinski definition) is 7. The molecule has 9 heteroatoms. The fourth-order valence-corrected chi connectivity index (χ4v) is 4.37. The molecule has 0 saturated carbocycles. The highest BCUT2D eigenvalue weighted by molar-refractivity contribution is 5.80. The standard InChI is InChI=1S/C29H30N4O5/c30-18-22-6-7-26(37-19-21-4-2-1-3-5-21)27(16-22)38-20-24(17-28(34)35)32-29(36)23-10-14-33(15-11-23)25-8-12-31-13-9-25/h1-9,12-13,16,23-24H,10-11,14-15,17,19-20H2,(H,32,36)(H,34,35)/t24-/m1/s1. The second kappa shape index (κ2) is 13.1. The van der Waals surface area contributed by atoms with Gasteiger partial charge in [-0.3, -0.25) is 14.6 Å². The lowest BCUT2D eigenvalue weighted by molar-refractivity contribution is -0.138. The van der Waals surface area contributed by atoms with Crippen molar-refractivity contribution >= 4 is 17.6 Å². The molecule has 3 aromatic rings. The van der Waals surface area contributed by atoms with Crippen molar-refractivity contribution < 1.29 is 24.2 Å². The van der Waals surface area contributed by atoms with E-state index in [1.165, 1.54) is 0 Å². The van der Waals surface area contributed by atoms with Crippen LogP contribution >= 0.6 is 0 Å². The third-order valence-electron chi connectivity index (χ3n) is 6.41. The van der Waals surface area contributed by atoms with Crippen molar-refractivity contribution in [1.29, 1.82) is 5.26 Å². The molecule has 1 saturated heterocycles. The highest BCUT2D eigenvalue weighted by Crippen LogP contribution is 2.29. The van der Waals surface area contributed by atoms with Gasteiger partial charge in [-0.2, -0.15) is 5.26 Å². The average molecular weight is 515 g/mol. The molecule has 9 nitrogen and oxygen atoms in total. The number of nitrogens with zero attached hydrogens (tertiary/aromatic N) is 3. The van der Waals surface area contributed by atoms with Crippen molar-refractivity contribution in [3.05, 3.63) is 84.2 Å². The summed E-state index contributed by atoms with van der Waals surface area (Å²) in [6, 6.07) is 19.7. The first-order valence-corrected chi connectivity index (χ1v) is 12.5. The number of piperidine rings is 1. The zero-order valence-corrected chi connectivity index (χ0v) is 21.0. The number of aliphatic carboxylic acids is 1. The van der Waals surface area contributed by atoms with E-state index in [2.05, 4.69) is 21.3 Å². The number of nitrogens with one attached hydrogen (secondary N) is 1. The first-order valence-electron chi connectivity index (χ1n) is 12.5. The Hall–Kier alpha value is -4.58. The van der Waals surface area contributed by atoms with E-state index in [1.54, 1.807) is 30.6 Å². The molecule has 1 fully saturated rings. The van der Waals surface area contributed by atoms with Gasteiger partial charge >= 0.3 is 5.97 Å². The zero-order valence-electron chi connectivity index (χ0n) is 21.0. The summed E-state index contributed by atoms with van der Waals surface area (Å²) in [4.78, 5) is 30.8. The van der Waals surface area contributed by atoms with Crippen molar-refractivity contribution in [2.24, 2.45) is 5.92 Å². The van der Waals surface area contributed by atoms with Crippen LogP contribution in [-0.4, -0.2) is 47.7 Å². The number of nitriles is 1. The van der Waals surface area contributed by atoms with Gasteiger partial charge in [0, 0.05) is 43.2 Å². The van der Waals surface area contributed by atoms with E-state index in [1.807, 2.05) is 42.5 Å². The molecule has 0 spiro atoms. The number of aromatic nitrogens is 1. The van der Waals surface area contributed by atoms with Crippen LogP contribution in [0.4, 0.5) is 5.69 Å². The lowest BCUT2D eigenvalue weighted by Crippen LogP contribution is -2.46. The van der Waals surface area contributed by atoms with Crippen LogP contribution in [0.5, 0.6) is 11.5 Å². The van der Waals surface area contributed by atoms with Gasteiger partial charge in [0.2, 0.25) is 5.91 Å². The Kier molecular flexibility index (Phi) is 9.13. The largest absolute Gasteiger partial charge is 0.487 e. The molecule has 1 aromatic heterocycles. The van der Waals surface area contributed by atoms with Gasteiger partial charge in [-0.25, -0.2) is 0 Å². The van der Waals surface area contributed by atoms with Crippen LogP contribution in [0.1, 0.15) is 30.4 Å². The zero-order chi connectivity index (χ0) is 26.7. The van der Waals surface area contributed by atoms with Crippen LogP contribution in [-0.2, 0) is 16.2 Å². The number of pyridine rings is 1. The fourth-order valence-electron chi connectivity index (χ4n) is 4.37. The van der Waals surface area contributed by atoms with Crippen molar-refractivity contribution in [2.75, 3.05) is 24.6 Å². The maximum Gasteiger partial charge on any atom is 0.305 e. The van der Waals surface area contributed by atoms with Gasteiger partial charge in [-0.05, 0) is 42.7 Å². The molecule has 1 amide bonds. The number of carboxylic acid groups (broad SMARTS) is 1. The van der Waals surface area contributed by atoms with Gasteiger partial charge in [0.15, 0.2) is 11.5 Å². The summed E-state index contributed by atoms with van der Waals surface area (Å²) in [6.07, 6.45) is 4.52. The lowest BCUT2D eigenvalue weighted by Gasteiger charge is -2.33. The van der Waals surface area contributed by atoms with Gasteiger partial charge in [0.1, 0.15) is 13.2 Å². The van der Waals surface area contributed by atoms with Crippen molar-refractivity contribution in [3.63, 3.8) is 0 Å². The minimum Gasteiger partial charge on any atom is -0.487 e. The summed E-state index contributed by atoms with van der Waals surface area (Å²) in [5, 5.41) is 21.6. The predicted molar refractivity (Wildman–Crippen MR) is 141 cm³/mol. The minimum absolute atomic E-state index is 0.0789. The van der Waals surface area contributed by atoms with Crippen LogP contribution in [0.15, 0.2) is 73.1 Å². The van der Waals surface area contributed by atoms with E-state index in [9.17, 15) is 20.0 Å². The Bertz CT molecular complexity index is 1250. The van der Waals surface area contributed by atoms with E-state index in [0.717, 1.165) is 24.3 Å². The first kappa shape index (κ1) is 26.5. The Balaban J connectivity index is 1.36. The number of carboxylic acids is 1. The average Bonchev–Trinajstić information content (AvgIpc) is 2.95.